The van der Waals surface area contributed by atoms with Crippen LogP contribution in [-0.4, -0.2) is 49.9 Å². The van der Waals surface area contributed by atoms with Crippen molar-refractivity contribution >= 4 is 10.0 Å². The second-order valence-electron chi connectivity index (χ2n) is 3.52. The minimum Gasteiger partial charge on any atom is -0.394 e. The minimum absolute atomic E-state index is 0.0757. The van der Waals surface area contributed by atoms with Gasteiger partial charge in [0.2, 0.25) is 10.0 Å². The number of ether oxygens (including phenoxy) is 1. The molecule has 0 aromatic carbocycles. The van der Waals surface area contributed by atoms with E-state index in [0.29, 0.717) is 6.42 Å². The van der Waals surface area contributed by atoms with Crippen LogP contribution in [0.2, 0.25) is 0 Å². The number of aliphatic hydroxyl groups excluding tert-OH is 1. The molecule has 1 aromatic rings. The first-order valence-electron chi connectivity index (χ1n) is 5.47. The summed E-state index contributed by atoms with van der Waals surface area (Å²) >= 11 is 0. The van der Waals surface area contributed by atoms with E-state index in [0.717, 1.165) is 6.20 Å². The maximum atomic E-state index is 11.7. The Morgan fingerprint density at radius 1 is 1.32 bits per heavy atom. The zero-order valence-electron chi connectivity index (χ0n) is 10.0. The third kappa shape index (κ3) is 4.95. The number of hydrogen-bond acceptors (Lipinski definition) is 6. The van der Waals surface area contributed by atoms with Gasteiger partial charge in [0.25, 0.3) is 5.56 Å². The van der Waals surface area contributed by atoms with Crippen LogP contribution in [0.1, 0.15) is 6.42 Å². The van der Waals surface area contributed by atoms with Crippen molar-refractivity contribution in [1.82, 2.24) is 14.7 Å². The molecule has 0 radical (unpaired) electrons. The molecule has 0 saturated heterocycles. The lowest BCUT2D eigenvalue weighted by Gasteiger charge is -2.05. The molecule has 108 valence electrons. The molecule has 10 heteroatoms. The van der Waals surface area contributed by atoms with Crippen molar-refractivity contribution in [2.24, 2.45) is 0 Å². The Morgan fingerprint density at radius 3 is 2.68 bits per heavy atom. The topological polar surface area (TPSA) is 141 Å². The monoisotopic (exact) mass is 293 g/mol. The number of aromatic amines is 2. The van der Waals surface area contributed by atoms with Crippen molar-refractivity contribution in [3.63, 3.8) is 0 Å². The molecule has 1 heterocycles. The number of nitrogens with one attached hydrogen (secondary N) is 3. The molecule has 0 fully saturated rings. The maximum Gasteiger partial charge on any atom is 0.325 e. The first-order valence-corrected chi connectivity index (χ1v) is 6.96. The van der Waals surface area contributed by atoms with Crippen molar-refractivity contribution in [3.05, 3.63) is 27.0 Å². The Morgan fingerprint density at radius 2 is 2.05 bits per heavy atom. The fourth-order valence-corrected chi connectivity index (χ4v) is 2.30. The van der Waals surface area contributed by atoms with Gasteiger partial charge in [-0.1, -0.05) is 0 Å². The van der Waals surface area contributed by atoms with Crippen LogP contribution in [0.3, 0.4) is 0 Å². The summed E-state index contributed by atoms with van der Waals surface area (Å²) in [6, 6.07) is 0. The maximum absolute atomic E-state index is 11.7. The van der Waals surface area contributed by atoms with Crippen LogP contribution >= 0.6 is 0 Å². The molecule has 19 heavy (non-hydrogen) atoms. The SMILES string of the molecule is O=c1[nH]cc(S(=O)(=O)NCCCOCCO)c(=O)[nH]1. The second-order valence-corrected chi connectivity index (χ2v) is 5.26. The van der Waals surface area contributed by atoms with Crippen LogP contribution in [0.4, 0.5) is 0 Å². The molecular formula is C9H15N3O6S. The van der Waals surface area contributed by atoms with E-state index in [1.54, 1.807) is 0 Å². The molecule has 0 bridgehead atoms. The van der Waals surface area contributed by atoms with Gasteiger partial charge in [0.15, 0.2) is 4.90 Å². The van der Waals surface area contributed by atoms with Gasteiger partial charge in [-0.15, -0.1) is 0 Å². The van der Waals surface area contributed by atoms with Crippen molar-refractivity contribution in [2.75, 3.05) is 26.4 Å². The Bertz CT molecular complexity index is 605. The van der Waals surface area contributed by atoms with E-state index in [1.807, 2.05) is 4.98 Å². The highest BCUT2D eigenvalue weighted by Gasteiger charge is 2.17. The number of H-pyrrole nitrogens is 2. The molecule has 9 nitrogen and oxygen atoms in total. The average molecular weight is 293 g/mol. The van der Waals surface area contributed by atoms with E-state index in [2.05, 4.69) is 9.71 Å². The third-order valence-electron chi connectivity index (χ3n) is 2.07. The zero-order chi connectivity index (χ0) is 14.3. The average Bonchev–Trinajstić information content (AvgIpc) is 2.33. The fraction of sp³-hybridized carbons (Fsp3) is 0.556. The predicted molar refractivity (Wildman–Crippen MR) is 65.4 cm³/mol. The van der Waals surface area contributed by atoms with E-state index < -0.39 is 26.2 Å². The Kier molecular flexibility index (Phi) is 5.89. The van der Waals surface area contributed by atoms with Gasteiger partial charge >= 0.3 is 5.69 Å². The summed E-state index contributed by atoms with van der Waals surface area (Å²) in [5.41, 5.74) is -1.76. The van der Waals surface area contributed by atoms with Gasteiger partial charge in [-0.25, -0.2) is 17.9 Å². The summed E-state index contributed by atoms with van der Waals surface area (Å²) in [4.78, 5) is 25.4. The highest BCUT2D eigenvalue weighted by molar-refractivity contribution is 7.89. The smallest absolute Gasteiger partial charge is 0.325 e. The predicted octanol–water partition coefficient (Wildman–Crippen LogP) is -2.26. The molecule has 0 aliphatic heterocycles. The van der Waals surface area contributed by atoms with Gasteiger partial charge < -0.3 is 14.8 Å². The van der Waals surface area contributed by atoms with Crippen LogP contribution in [-0.2, 0) is 14.8 Å². The fourth-order valence-electron chi connectivity index (χ4n) is 1.22. The summed E-state index contributed by atoms with van der Waals surface area (Å²) in [5.74, 6) is 0. The van der Waals surface area contributed by atoms with Crippen LogP contribution < -0.4 is 16.0 Å². The molecule has 0 saturated carbocycles. The highest BCUT2D eigenvalue weighted by atomic mass is 32.2. The Balaban J connectivity index is 2.57. The Hall–Kier alpha value is -1.49. The normalized spacial score (nSPS) is 11.6. The van der Waals surface area contributed by atoms with Crippen molar-refractivity contribution < 1.29 is 18.3 Å². The molecule has 0 atom stereocenters. The lowest BCUT2D eigenvalue weighted by atomic mass is 10.5. The summed E-state index contributed by atoms with van der Waals surface area (Å²) < 4.78 is 30.6. The molecule has 0 aliphatic rings. The number of hydrogen-bond donors (Lipinski definition) is 4. The van der Waals surface area contributed by atoms with Crippen LogP contribution in [0, 0.1) is 0 Å². The van der Waals surface area contributed by atoms with Crippen LogP contribution in [0.5, 0.6) is 0 Å². The summed E-state index contributed by atoms with van der Waals surface area (Å²) in [6.07, 6.45) is 1.23. The summed E-state index contributed by atoms with van der Waals surface area (Å²) in [7, 11) is -3.97. The number of rotatable bonds is 8. The van der Waals surface area contributed by atoms with E-state index in [-0.39, 0.29) is 26.4 Å². The van der Waals surface area contributed by atoms with Gasteiger partial charge in [0.1, 0.15) is 0 Å². The largest absolute Gasteiger partial charge is 0.394 e. The van der Waals surface area contributed by atoms with Gasteiger partial charge in [0, 0.05) is 19.3 Å². The minimum atomic E-state index is -3.97. The molecule has 1 aromatic heterocycles. The highest BCUT2D eigenvalue weighted by Crippen LogP contribution is 1.97. The Labute approximate surface area is 108 Å². The number of aliphatic hydroxyl groups is 1. The molecule has 4 N–H and O–H groups in total. The van der Waals surface area contributed by atoms with E-state index in [9.17, 15) is 18.0 Å². The lowest BCUT2D eigenvalue weighted by Crippen LogP contribution is -2.33. The first-order chi connectivity index (χ1) is 8.97. The molecular weight excluding hydrogens is 278 g/mol. The standard InChI is InChI=1S/C9H15N3O6S/c13-3-5-18-4-1-2-11-19(16,17)7-6-10-9(15)12-8(7)14/h6,11,13H,1-5H2,(H2,10,12,14,15). The van der Waals surface area contributed by atoms with E-state index in [1.165, 1.54) is 0 Å². The first kappa shape index (κ1) is 15.6. The van der Waals surface area contributed by atoms with E-state index in [4.69, 9.17) is 9.84 Å². The molecule has 0 spiro atoms. The van der Waals surface area contributed by atoms with Crippen molar-refractivity contribution in [3.8, 4) is 0 Å². The van der Waals surface area contributed by atoms with Crippen molar-refractivity contribution in [2.45, 2.75) is 11.3 Å². The van der Waals surface area contributed by atoms with Gasteiger partial charge in [0.05, 0.1) is 13.2 Å². The summed E-state index contributed by atoms with van der Waals surface area (Å²) in [5, 5.41) is 8.45. The second kappa shape index (κ2) is 7.19. The number of sulfonamides is 1. The molecule has 0 unspecified atom stereocenters. The van der Waals surface area contributed by atoms with Crippen molar-refractivity contribution in [1.29, 1.82) is 0 Å². The third-order valence-corrected chi connectivity index (χ3v) is 3.53. The zero-order valence-corrected chi connectivity index (χ0v) is 10.8. The lowest BCUT2D eigenvalue weighted by molar-refractivity contribution is 0.0913. The molecule has 0 amide bonds. The quantitative estimate of drug-likeness (QED) is 0.399. The number of aromatic nitrogens is 2. The van der Waals surface area contributed by atoms with Gasteiger partial charge in [-0.3, -0.25) is 9.78 Å². The summed E-state index contributed by atoms with van der Waals surface area (Å²) in [6.45, 7) is 0.447. The van der Waals surface area contributed by atoms with Gasteiger partial charge in [-0.2, -0.15) is 0 Å². The van der Waals surface area contributed by atoms with Gasteiger partial charge in [-0.05, 0) is 6.42 Å². The van der Waals surface area contributed by atoms with Crippen LogP contribution in [0.25, 0.3) is 0 Å². The van der Waals surface area contributed by atoms with E-state index >= 15 is 0 Å². The molecule has 1 rings (SSSR count). The molecule has 0 aliphatic carbocycles. The van der Waals surface area contributed by atoms with Crippen LogP contribution in [0.15, 0.2) is 20.7 Å².